The summed E-state index contributed by atoms with van der Waals surface area (Å²) in [7, 11) is 0. The monoisotopic (exact) mass is 224 g/mol. The van der Waals surface area contributed by atoms with Crippen molar-refractivity contribution in [3.05, 3.63) is 35.0 Å². The summed E-state index contributed by atoms with van der Waals surface area (Å²) >= 11 is 1.62. The van der Waals surface area contributed by atoms with Gasteiger partial charge in [-0.25, -0.2) is 0 Å². The zero-order valence-electron chi connectivity index (χ0n) is 8.77. The van der Waals surface area contributed by atoms with Crippen LogP contribution in [0.1, 0.15) is 24.3 Å². The minimum absolute atomic E-state index is 0.0216. The van der Waals surface area contributed by atoms with Gasteiger partial charge in [0.25, 0.3) is 0 Å². The molecule has 1 aromatic rings. The fraction of sp³-hybridized carbons (Fsp3) is 0.364. The summed E-state index contributed by atoms with van der Waals surface area (Å²) in [5.74, 6) is -0.129. The van der Waals surface area contributed by atoms with Gasteiger partial charge in [0.2, 0.25) is 5.91 Å². The molecule has 1 aromatic heterocycles. The Balaban J connectivity index is 2.48. The van der Waals surface area contributed by atoms with Crippen LogP contribution in [0.4, 0.5) is 0 Å². The number of nitrogens with one attached hydrogen (secondary N) is 1. The lowest BCUT2D eigenvalue weighted by molar-refractivity contribution is -0.122. The average Bonchev–Trinajstić information content (AvgIpc) is 2.70. The van der Waals surface area contributed by atoms with Crippen molar-refractivity contribution in [3.63, 3.8) is 0 Å². The standard InChI is InChI=1S/C11H16N2OS/c1-3-5-9(12)11(14)13-8(2)10-6-4-7-15-10/h3-4,6-9H,1,5,12H2,2H3,(H,13,14)/t8-,9?/m0/s1. The lowest BCUT2D eigenvalue weighted by Crippen LogP contribution is -2.41. The van der Waals surface area contributed by atoms with E-state index in [0.29, 0.717) is 6.42 Å². The summed E-state index contributed by atoms with van der Waals surface area (Å²) in [5, 5.41) is 4.85. The number of carbonyl (C=O) groups excluding carboxylic acids is 1. The van der Waals surface area contributed by atoms with Gasteiger partial charge in [-0.05, 0) is 24.8 Å². The minimum atomic E-state index is -0.495. The zero-order valence-corrected chi connectivity index (χ0v) is 9.59. The van der Waals surface area contributed by atoms with E-state index in [1.807, 2.05) is 24.4 Å². The predicted molar refractivity (Wildman–Crippen MR) is 63.7 cm³/mol. The molecule has 3 N–H and O–H groups in total. The Kier molecular flexibility index (Phi) is 4.52. The first kappa shape index (κ1) is 11.9. The van der Waals surface area contributed by atoms with E-state index < -0.39 is 6.04 Å². The van der Waals surface area contributed by atoms with Gasteiger partial charge in [0.1, 0.15) is 0 Å². The summed E-state index contributed by atoms with van der Waals surface area (Å²) in [6.07, 6.45) is 2.16. The SMILES string of the molecule is C=CCC(N)C(=O)N[C@@H](C)c1cccs1. The Labute approximate surface area is 94.0 Å². The maximum atomic E-state index is 11.6. The summed E-state index contributed by atoms with van der Waals surface area (Å²) in [5.41, 5.74) is 5.65. The lowest BCUT2D eigenvalue weighted by Gasteiger charge is -2.15. The second kappa shape index (κ2) is 5.68. The van der Waals surface area contributed by atoms with E-state index in [-0.39, 0.29) is 11.9 Å². The van der Waals surface area contributed by atoms with Gasteiger partial charge in [-0.1, -0.05) is 12.1 Å². The smallest absolute Gasteiger partial charge is 0.237 e. The molecule has 1 amide bonds. The third kappa shape index (κ3) is 3.49. The highest BCUT2D eigenvalue weighted by molar-refractivity contribution is 7.10. The van der Waals surface area contributed by atoms with Crippen LogP contribution in [0.2, 0.25) is 0 Å². The third-order valence-electron chi connectivity index (χ3n) is 2.09. The molecular weight excluding hydrogens is 208 g/mol. The molecule has 0 saturated heterocycles. The van der Waals surface area contributed by atoms with Crippen LogP contribution in [0.15, 0.2) is 30.2 Å². The maximum Gasteiger partial charge on any atom is 0.237 e. The van der Waals surface area contributed by atoms with Crippen LogP contribution in [0, 0.1) is 0 Å². The molecule has 0 aliphatic heterocycles. The fourth-order valence-corrected chi connectivity index (χ4v) is 1.95. The molecule has 0 fully saturated rings. The molecule has 1 unspecified atom stereocenters. The van der Waals surface area contributed by atoms with Gasteiger partial charge in [-0.3, -0.25) is 4.79 Å². The molecule has 0 saturated carbocycles. The van der Waals surface area contributed by atoms with Crippen LogP contribution in [0.5, 0.6) is 0 Å². The third-order valence-corrected chi connectivity index (χ3v) is 3.14. The number of carbonyl (C=O) groups is 1. The number of amides is 1. The highest BCUT2D eigenvalue weighted by Crippen LogP contribution is 2.17. The first-order valence-corrected chi connectivity index (χ1v) is 5.73. The van der Waals surface area contributed by atoms with E-state index in [4.69, 9.17) is 5.73 Å². The van der Waals surface area contributed by atoms with Crippen LogP contribution in [-0.2, 0) is 4.79 Å². The van der Waals surface area contributed by atoms with Gasteiger partial charge >= 0.3 is 0 Å². The number of rotatable bonds is 5. The normalized spacial score (nSPS) is 14.3. The van der Waals surface area contributed by atoms with Crippen molar-refractivity contribution >= 4 is 17.2 Å². The van der Waals surface area contributed by atoms with Crippen molar-refractivity contribution in [2.75, 3.05) is 0 Å². The maximum absolute atomic E-state index is 11.6. The topological polar surface area (TPSA) is 55.1 Å². The molecule has 0 bridgehead atoms. The highest BCUT2D eigenvalue weighted by atomic mass is 32.1. The molecule has 82 valence electrons. The van der Waals surface area contributed by atoms with E-state index in [1.54, 1.807) is 17.4 Å². The quantitative estimate of drug-likeness (QED) is 0.750. The zero-order chi connectivity index (χ0) is 11.3. The van der Waals surface area contributed by atoms with Crippen LogP contribution in [0.25, 0.3) is 0 Å². The molecule has 1 rings (SSSR count). The molecule has 0 spiro atoms. The van der Waals surface area contributed by atoms with Gasteiger partial charge in [0.15, 0.2) is 0 Å². The molecule has 0 radical (unpaired) electrons. The van der Waals surface area contributed by atoms with Crippen molar-refractivity contribution in [3.8, 4) is 0 Å². The van der Waals surface area contributed by atoms with Crippen molar-refractivity contribution in [2.24, 2.45) is 5.73 Å². The summed E-state index contributed by atoms with van der Waals surface area (Å²) in [6, 6.07) is 3.49. The molecule has 4 heteroatoms. The molecule has 15 heavy (non-hydrogen) atoms. The molecular formula is C11H16N2OS. The van der Waals surface area contributed by atoms with Crippen LogP contribution >= 0.6 is 11.3 Å². The van der Waals surface area contributed by atoms with Crippen LogP contribution < -0.4 is 11.1 Å². The Morgan fingerprint density at radius 2 is 2.53 bits per heavy atom. The lowest BCUT2D eigenvalue weighted by atomic mass is 10.2. The second-order valence-corrected chi connectivity index (χ2v) is 4.36. The average molecular weight is 224 g/mol. The van der Waals surface area contributed by atoms with Crippen molar-refractivity contribution < 1.29 is 4.79 Å². The van der Waals surface area contributed by atoms with E-state index in [9.17, 15) is 4.79 Å². The number of thiophene rings is 1. The van der Waals surface area contributed by atoms with Gasteiger partial charge < -0.3 is 11.1 Å². The van der Waals surface area contributed by atoms with Gasteiger partial charge in [-0.2, -0.15) is 0 Å². The van der Waals surface area contributed by atoms with Crippen molar-refractivity contribution in [1.82, 2.24) is 5.32 Å². The Morgan fingerprint density at radius 3 is 3.07 bits per heavy atom. The molecule has 2 atom stereocenters. The van der Waals surface area contributed by atoms with Gasteiger partial charge in [0.05, 0.1) is 12.1 Å². The van der Waals surface area contributed by atoms with Gasteiger partial charge in [0, 0.05) is 4.88 Å². The van der Waals surface area contributed by atoms with E-state index >= 15 is 0 Å². The number of hydrogen-bond donors (Lipinski definition) is 2. The van der Waals surface area contributed by atoms with Crippen LogP contribution in [-0.4, -0.2) is 11.9 Å². The van der Waals surface area contributed by atoms with Crippen LogP contribution in [0.3, 0.4) is 0 Å². The van der Waals surface area contributed by atoms with Crippen molar-refractivity contribution in [2.45, 2.75) is 25.4 Å². The second-order valence-electron chi connectivity index (χ2n) is 3.38. The fourth-order valence-electron chi connectivity index (χ4n) is 1.22. The molecule has 1 heterocycles. The highest BCUT2D eigenvalue weighted by Gasteiger charge is 2.15. The Bertz CT molecular complexity index is 321. The number of hydrogen-bond acceptors (Lipinski definition) is 3. The van der Waals surface area contributed by atoms with Gasteiger partial charge in [-0.15, -0.1) is 17.9 Å². The molecule has 3 nitrogen and oxygen atoms in total. The largest absolute Gasteiger partial charge is 0.347 e. The molecule has 0 aliphatic rings. The van der Waals surface area contributed by atoms with E-state index in [2.05, 4.69) is 11.9 Å². The molecule has 0 aliphatic carbocycles. The van der Waals surface area contributed by atoms with E-state index in [1.165, 1.54) is 0 Å². The predicted octanol–water partition coefficient (Wildman–Crippen LogP) is 1.83. The summed E-state index contributed by atoms with van der Waals surface area (Å²) in [4.78, 5) is 12.7. The van der Waals surface area contributed by atoms with E-state index in [0.717, 1.165) is 4.88 Å². The summed E-state index contributed by atoms with van der Waals surface area (Å²) in [6.45, 7) is 5.50. The first-order chi connectivity index (χ1) is 7.15. The Morgan fingerprint density at radius 1 is 1.80 bits per heavy atom. The van der Waals surface area contributed by atoms with Crippen molar-refractivity contribution in [1.29, 1.82) is 0 Å². The Hall–Kier alpha value is -1.13. The number of nitrogens with two attached hydrogens (primary N) is 1. The first-order valence-electron chi connectivity index (χ1n) is 4.85. The summed E-state index contributed by atoms with van der Waals surface area (Å²) < 4.78 is 0. The molecule has 0 aromatic carbocycles. The minimum Gasteiger partial charge on any atom is -0.347 e.